The number of hydrogen-bond acceptors (Lipinski definition) is 5. The Kier molecular flexibility index (Phi) is 6.96. The molecule has 0 aromatic rings. The van der Waals surface area contributed by atoms with Gasteiger partial charge in [-0.1, -0.05) is 31.6 Å². The van der Waals surface area contributed by atoms with Crippen molar-refractivity contribution in [1.82, 2.24) is 0 Å². The van der Waals surface area contributed by atoms with E-state index < -0.39 is 17.8 Å². The van der Waals surface area contributed by atoms with E-state index in [1.807, 2.05) is 6.08 Å². The molecule has 1 unspecified atom stereocenters. The number of carbonyl (C=O) groups excluding carboxylic acids is 1. The Labute approximate surface area is 203 Å². The zero-order valence-electron chi connectivity index (χ0n) is 20.8. The lowest BCUT2D eigenvalue weighted by molar-refractivity contribution is -0.124. The van der Waals surface area contributed by atoms with E-state index in [2.05, 4.69) is 33.8 Å². The van der Waals surface area contributed by atoms with Gasteiger partial charge >= 0.3 is 0 Å². The van der Waals surface area contributed by atoms with Crippen molar-refractivity contribution in [3.05, 3.63) is 23.3 Å². The molecular weight excluding hydrogens is 440 g/mol. The van der Waals surface area contributed by atoms with Crippen molar-refractivity contribution in [2.24, 2.45) is 29.1 Å². The van der Waals surface area contributed by atoms with Crippen LogP contribution < -0.4 is 0 Å². The molecule has 3 fully saturated rings. The second-order valence-electron chi connectivity index (χ2n) is 11.8. The van der Waals surface area contributed by atoms with Gasteiger partial charge in [0.2, 0.25) is 0 Å². The molecule has 5 nitrogen and oxygen atoms in total. The normalized spacial score (nSPS) is 47.5. The zero-order chi connectivity index (χ0) is 24.2. The molecule has 2 N–H and O–H groups in total. The minimum Gasteiger partial charge on any atom is -0.389 e. The Balaban J connectivity index is 1.74. The predicted octanol–water partition coefficient (Wildman–Crippen LogP) is 4.78. The Morgan fingerprint density at radius 2 is 2.09 bits per heavy atom. The van der Waals surface area contributed by atoms with Crippen molar-refractivity contribution >= 4 is 17.4 Å². The highest BCUT2D eigenvalue weighted by atomic mass is 35.5. The summed E-state index contributed by atoms with van der Waals surface area (Å²) in [7, 11) is 0. The fourth-order valence-electron chi connectivity index (χ4n) is 7.67. The molecule has 4 aliphatic rings. The van der Waals surface area contributed by atoms with Crippen LogP contribution >= 0.6 is 11.6 Å². The molecule has 33 heavy (non-hydrogen) atoms. The van der Waals surface area contributed by atoms with Crippen LogP contribution in [0.2, 0.25) is 0 Å². The molecule has 4 rings (SSSR count). The summed E-state index contributed by atoms with van der Waals surface area (Å²) in [6, 6.07) is 0. The summed E-state index contributed by atoms with van der Waals surface area (Å²) >= 11 is 5.78. The number of allylic oxidation sites excluding steroid dienone is 2. The lowest BCUT2D eigenvalue weighted by Gasteiger charge is -2.46. The maximum atomic E-state index is 13.1. The number of Topliss-reactive ketones (excluding diaryl/α,β-unsaturated/α-hetero) is 1. The molecule has 2 saturated carbocycles. The van der Waals surface area contributed by atoms with Gasteiger partial charge in [0.25, 0.3) is 0 Å². The molecule has 0 bridgehead atoms. The van der Waals surface area contributed by atoms with Gasteiger partial charge in [0.15, 0.2) is 6.29 Å². The Hall–Kier alpha value is -0.720. The zero-order valence-corrected chi connectivity index (χ0v) is 21.5. The number of ketones is 1. The highest BCUT2D eigenvalue weighted by molar-refractivity contribution is 6.17. The molecule has 1 aliphatic heterocycles. The van der Waals surface area contributed by atoms with Gasteiger partial charge in [-0.05, 0) is 75.7 Å². The smallest absolute Gasteiger partial charge is 0.177 e. The molecule has 0 aromatic heterocycles. The summed E-state index contributed by atoms with van der Waals surface area (Å²) < 4.78 is 12.4. The maximum Gasteiger partial charge on any atom is 0.177 e. The van der Waals surface area contributed by atoms with Gasteiger partial charge in [-0.3, -0.25) is 4.79 Å². The van der Waals surface area contributed by atoms with Crippen LogP contribution in [-0.4, -0.2) is 52.1 Å². The number of halogens is 1. The minimum absolute atomic E-state index is 0.00589. The molecule has 3 aliphatic carbocycles. The fourth-order valence-corrected chi connectivity index (χ4v) is 7.76. The number of aliphatic hydroxyl groups is 2. The van der Waals surface area contributed by atoms with E-state index in [-0.39, 0.29) is 53.6 Å². The molecule has 9 atom stereocenters. The molecule has 1 heterocycles. The number of carbonyl (C=O) groups is 1. The summed E-state index contributed by atoms with van der Waals surface area (Å²) in [5.41, 5.74) is 0.503. The third-order valence-corrected chi connectivity index (χ3v) is 9.34. The van der Waals surface area contributed by atoms with Crippen molar-refractivity contribution in [1.29, 1.82) is 0 Å². The SMILES string of the molecule is CC(C)=C[C@H]1C[C@H](C)[C@]2(CC[C@]3(C)C[C@H]4[C@H](C(=O)C[C@@]4(C)O)/C(C(O)OCCCl)=C\C[C@H]32)O1. The first kappa shape index (κ1) is 25.4. The molecule has 0 radical (unpaired) electrons. The molecule has 186 valence electrons. The van der Waals surface area contributed by atoms with Crippen molar-refractivity contribution in [3.8, 4) is 0 Å². The van der Waals surface area contributed by atoms with E-state index in [9.17, 15) is 15.0 Å². The van der Waals surface area contributed by atoms with Crippen LogP contribution in [0.5, 0.6) is 0 Å². The average Bonchev–Trinajstić information content (AvgIpc) is 3.23. The van der Waals surface area contributed by atoms with Crippen LogP contribution in [0.1, 0.15) is 73.1 Å². The highest BCUT2D eigenvalue weighted by Gasteiger charge is 2.64. The van der Waals surface area contributed by atoms with E-state index in [4.69, 9.17) is 21.1 Å². The number of hydrogen-bond donors (Lipinski definition) is 2. The third-order valence-electron chi connectivity index (χ3n) is 9.18. The van der Waals surface area contributed by atoms with Gasteiger partial charge in [0, 0.05) is 24.1 Å². The standard InChI is InChI=1S/C27H41ClO5/c1-16(2)12-18-13-17(3)27(33-18)9-8-25(4)14-20-23(21(29)15-26(20,5)31)19(6-7-22(25)27)24(30)32-11-10-28/h6,12,17-18,20,22-24,30-31H,7-11,13-15H2,1-5H3/b19-6+/t17-,18-,20-,22+,23+,24?,25+,26+,27-/m0/s1. The minimum atomic E-state index is -1.18. The van der Waals surface area contributed by atoms with E-state index in [1.54, 1.807) is 6.92 Å². The van der Waals surface area contributed by atoms with E-state index in [0.717, 1.165) is 32.1 Å². The average molecular weight is 481 g/mol. The first-order valence-corrected chi connectivity index (χ1v) is 13.1. The van der Waals surface area contributed by atoms with Gasteiger partial charge in [-0.25, -0.2) is 0 Å². The molecule has 1 saturated heterocycles. The number of rotatable bonds is 5. The van der Waals surface area contributed by atoms with Gasteiger partial charge < -0.3 is 19.7 Å². The topological polar surface area (TPSA) is 76.0 Å². The lowest BCUT2D eigenvalue weighted by atomic mass is 9.61. The van der Waals surface area contributed by atoms with Gasteiger partial charge in [-0.15, -0.1) is 11.6 Å². The van der Waals surface area contributed by atoms with Gasteiger partial charge in [-0.2, -0.15) is 0 Å². The Morgan fingerprint density at radius 3 is 2.76 bits per heavy atom. The van der Waals surface area contributed by atoms with E-state index in [1.165, 1.54) is 5.57 Å². The number of aliphatic hydroxyl groups excluding tert-OH is 1. The number of fused-ring (bicyclic) bond motifs is 3. The van der Waals surface area contributed by atoms with Crippen LogP contribution in [0, 0.1) is 29.1 Å². The molecule has 0 amide bonds. The summed E-state index contributed by atoms with van der Waals surface area (Å²) in [4.78, 5) is 13.1. The second-order valence-corrected chi connectivity index (χ2v) is 12.2. The monoisotopic (exact) mass is 480 g/mol. The van der Waals surface area contributed by atoms with Crippen molar-refractivity contribution in [2.75, 3.05) is 12.5 Å². The summed E-state index contributed by atoms with van der Waals surface area (Å²) in [5, 5.41) is 22.2. The van der Waals surface area contributed by atoms with Crippen LogP contribution in [0.25, 0.3) is 0 Å². The van der Waals surface area contributed by atoms with Crippen molar-refractivity contribution in [3.63, 3.8) is 0 Å². The van der Waals surface area contributed by atoms with Gasteiger partial charge in [0.05, 0.1) is 23.9 Å². The predicted molar refractivity (Wildman–Crippen MR) is 129 cm³/mol. The molecule has 6 heteroatoms. The highest BCUT2D eigenvalue weighted by Crippen LogP contribution is 2.64. The summed E-state index contributed by atoms with van der Waals surface area (Å²) in [6.07, 6.45) is 7.83. The van der Waals surface area contributed by atoms with Crippen molar-refractivity contribution in [2.45, 2.75) is 96.7 Å². The number of ether oxygens (including phenoxy) is 2. The van der Waals surface area contributed by atoms with E-state index in [0.29, 0.717) is 11.5 Å². The van der Waals surface area contributed by atoms with Crippen LogP contribution in [-0.2, 0) is 14.3 Å². The summed E-state index contributed by atoms with van der Waals surface area (Å²) in [6.45, 7) is 10.9. The number of alkyl halides is 1. The fraction of sp³-hybridized carbons (Fsp3) is 0.815. The first-order valence-electron chi connectivity index (χ1n) is 12.6. The molecular formula is C27H41ClO5. The van der Waals surface area contributed by atoms with Gasteiger partial charge in [0.1, 0.15) is 5.78 Å². The van der Waals surface area contributed by atoms with Crippen LogP contribution in [0.15, 0.2) is 23.3 Å². The maximum absolute atomic E-state index is 13.1. The lowest BCUT2D eigenvalue weighted by Crippen LogP contribution is -2.46. The largest absolute Gasteiger partial charge is 0.389 e. The first-order chi connectivity index (χ1) is 15.4. The molecule has 1 spiro atoms. The van der Waals surface area contributed by atoms with Crippen molar-refractivity contribution < 1.29 is 24.5 Å². The Morgan fingerprint density at radius 1 is 1.36 bits per heavy atom. The van der Waals surface area contributed by atoms with Crippen LogP contribution in [0.4, 0.5) is 0 Å². The molecule has 0 aromatic carbocycles. The van der Waals surface area contributed by atoms with Crippen LogP contribution in [0.3, 0.4) is 0 Å². The Bertz CT molecular complexity index is 830. The van der Waals surface area contributed by atoms with E-state index >= 15 is 0 Å². The third kappa shape index (κ3) is 4.38. The summed E-state index contributed by atoms with van der Waals surface area (Å²) in [5.74, 6) is 0.163. The quantitative estimate of drug-likeness (QED) is 0.336. The second kappa shape index (κ2) is 9.05.